The van der Waals surface area contributed by atoms with Gasteiger partial charge in [-0.3, -0.25) is 10.4 Å². The number of hydrogen-bond acceptors (Lipinski definition) is 4. The van der Waals surface area contributed by atoms with Gasteiger partial charge in [-0.15, -0.1) is 0 Å². The van der Waals surface area contributed by atoms with E-state index in [1.165, 1.54) is 0 Å². The second-order valence-electron chi connectivity index (χ2n) is 2.12. The van der Waals surface area contributed by atoms with Crippen LogP contribution in [0.1, 0.15) is 5.69 Å². The first-order valence-corrected chi connectivity index (χ1v) is 3.58. The third-order valence-corrected chi connectivity index (χ3v) is 1.24. The van der Waals surface area contributed by atoms with E-state index in [1.54, 1.807) is 24.4 Å². The number of nitrogens with one attached hydrogen (secondary N) is 1. The molecule has 0 bridgehead atoms. The first kappa shape index (κ1) is 20.1. The summed E-state index contributed by atoms with van der Waals surface area (Å²) in [7, 11) is 0. The van der Waals surface area contributed by atoms with Crippen molar-refractivity contribution in [1.29, 1.82) is 5.41 Å². The molecule has 0 aliphatic carbocycles. The van der Waals surface area contributed by atoms with Crippen molar-refractivity contribution in [3.8, 4) is 0 Å². The molecule has 15 heavy (non-hydrogen) atoms. The number of aliphatic hydroxyl groups excluding tert-OH is 1. The summed E-state index contributed by atoms with van der Waals surface area (Å²) in [5.41, 5.74) is 0.478. The van der Waals surface area contributed by atoms with Gasteiger partial charge in [-0.1, -0.05) is 6.07 Å². The van der Waals surface area contributed by atoms with Gasteiger partial charge in [0.1, 0.15) is 12.3 Å². The van der Waals surface area contributed by atoms with Crippen molar-refractivity contribution in [1.82, 2.24) is 4.98 Å². The van der Waals surface area contributed by atoms with E-state index >= 15 is 0 Å². The van der Waals surface area contributed by atoms with E-state index in [1.807, 2.05) is 0 Å². The zero-order valence-electron chi connectivity index (χ0n) is 7.58. The zero-order valence-corrected chi connectivity index (χ0v) is 10.0. The van der Waals surface area contributed by atoms with Crippen molar-refractivity contribution >= 4 is 5.90 Å². The van der Waals surface area contributed by atoms with Crippen molar-refractivity contribution < 1.29 is 51.7 Å². The molecule has 89 valence electrons. The average molecular weight is 301 g/mol. The summed E-state index contributed by atoms with van der Waals surface area (Å²) in [6.45, 7) is 0.0463. The van der Waals surface area contributed by atoms with Gasteiger partial charge in [-0.05, 0) is 12.1 Å². The quantitative estimate of drug-likeness (QED) is 0.332. The molecule has 0 atom stereocenters. The Hall–Kier alpha value is -0.321. The molecule has 2 N–H and O–H groups in total. The molecule has 1 aromatic rings. The van der Waals surface area contributed by atoms with Gasteiger partial charge >= 0.3 is 17.1 Å². The first-order valence-electron chi connectivity index (χ1n) is 3.58. The third kappa shape index (κ3) is 7.59. The van der Waals surface area contributed by atoms with E-state index in [-0.39, 0.29) is 61.0 Å². The van der Waals surface area contributed by atoms with Gasteiger partial charge in [0.15, 0.2) is 0 Å². The standard InChI is InChI=1S/C8H10N2O2.2ClH.Cu/c9-8(12-6-5-11)7-3-1-2-4-10-7;;;/h1-4,9,11H,5-6H2;2*1H;/q;;;+2/p-2. The summed E-state index contributed by atoms with van der Waals surface area (Å²) in [6.07, 6.45) is 1.59. The number of hydrogen-bond donors (Lipinski definition) is 2. The first-order chi connectivity index (χ1) is 5.84. The van der Waals surface area contributed by atoms with Crippen LogP contribution in [-0.2, 0) is 21.8 Å². The van der Waals surface area contributed by atoms with Crippen LogP contribution in [-0.4, -0.2) is 29.2 Å². The van der Waals surface area contributed by atoms with Crippen LogP contribution in [0.4, 0.5) is 0 Å². The minimum absolute atomic E-state index is 0. The van der Waals surface area contributed by atoms with Gasteiger partial charge in [0.05, 0.1) is 6.61 Å². The number of aromatic nitrogens is 1. The summed E-state index contributed by atoms with van der Waals surface area (Å²) < 4.78 is 4.85. The van der Waals surface area contributed by atoms with E-state index in [0.717, 1.165) is 0 Å². The molecule has 0 aliphatic heterocycles. The van der Waals surface area contributed by atoms with E-state index in [4.69, 9.17) is 15.3 Å². The molecule has 1 rings (SSSR count). The Balaban J connectivity index is -0.000000480. The smallest absolute Gasteiger partial charge is 1.00 e. The Bertz CT molecular complexity index is 262. The number of aliphatic hydroxyl groups is 1. The van der Waals surface area contributed by atoms with Gasteiger partial charge in [-0.2, -0.15) is 0 Å². The Morgan fingerprint density at radius 2 is 2.07 bits per heavy atom. The minimum Gasteiger partial charge on any atom is -1.00 e. The molecular weight excluding hydrogens is 291 g/mol. The van der Waals surface area contributed by atoms with Gasteiger partial charge in [0.2, 0.25) is 5.90 Å². The maximum atomic E-state index is 8.42. The topological polar surface area (TPSA) is 66.2 Å². The van der Waals surface area contributed by atoms with E-state index in [9.17, 15) is 0 Å². The average Bonchev–Trinajstić information content (AvgIpc) is 2.15. The van der Waals surface area contributed by atoms with Crippen molar-refractivity contribution in [3.05, 3.63) is 30.1 Å². The van der Waals surface area contributed by atoms with E-state index in [0.29, 0.717) is 5.69 Å². The van der Waals surface area contributed by atoms with Crippen LogP contribution in [0.5, 0.6) is 0 Å². The molecule has 0 spiro atoms. The molecular formula is C8H10Cl2CuN2O2. The molecule has 1 aromatic heterocycles. The fraction of sp³-hybridized carbons (Fsp3) is 0.250. The molecule has 4 nitrogen and oxygen atoms in total. The molecule has 0 unspecified atom stereocenters. The molecule has 0 aromatic carbocycles. The zero-order chi connectivity index (χ0) is 8.81. The van der Waals surface area contributed by atoms with Crippen LogP contribution < -0.4 is 24.8 Å². The monoisotopic (exact) mass is 299 g/mol. The molecule has 7 heteroatoms. The number of rotatable bonds is 3. The molecule has 1 heterocycles. The maximum Gasteiger partial charge on any atom is 2.00 e. The largest absolute Gasteiger partial charge is 2.00 e. The van der Waals surface area contributed by atoms with Crippen LogP contribution in [0.25, 0.3) is 0 Å². The van der Waals surface area contributed by atoms with Gasteiger partial charge < -0.3 is 34.7 Å². The number of halogens is 2. The maximum absolute atomic E-state index is 8.42. The van der Waals surface area contributed by atoms with Crippen LogP contribution in [0.3, 0.4) is 0 Å². The van der Waals surface area contributed by atoms with Crippen LogP contribution >= 0.6 is 0 Å². The summed E-state index contributed by atoms with van der Waals surface area (Å²) >= 11 is 0. The van der Waals surface area contributed by atoms with Gasteiger partial charge in [-0.25, -0.2) is 0 Å². The molecule has 0 saturated heterocycles. The summed E-state index contributed by atoms with van der Waals surface area (Å²) in [6, 6.07) is 5.22. The summed E-state index contributed by atoms with van der Waals surface area (Å²) in [5.74, 6) is -0.00958. The second kappa shape index (κ2) is 11.8. The van der Waals surface area contributed by atoms with Crippen molar-refractivity contribution in [2.45, 2.75) is 0 Å². The Labute approximate surface area is 111 Å². The van der Waals surface area contributed by atoms with Crippen LogP contribution in [0.15, 0.2) is 24.4 Å². The van der Waals surface area contributed by atoms with Gasteiger partial charge in [0, 0.05) is 6.20 Å². The summed E-state index contributed by atoms with van der Waals surface area (Å²) in [5, 5.41) is 15.8. The second-order valence-corrected chi connectivity index (χ2v) is 2.12. The van der Waals surface area contributed by atoms with Crippen molar-refractivity contribution in [2.24, 2.45) is 0 Å². The normalized spacial score (nSPS) is 7.53. The Kier molecular flexibility index (Phi) is 15.8. The predicted octanol–water partition coefficient (Wildman–Crippen LogP) is -5.58. The van der Waals surface area contributed by atoms with E-state index < -0.39 is 0 Å². The Morgan fingerprint density at radius 3 is 2.53 bits per heavy atom. The molecule has 0 saturated carbocycles. The number of ether oxygens (including phenoxy) is 1. The third-order valence-electron chi connectivity index (χ3n) is 1.24. The van der Waals surface area contributed by atoms with Gasteiger partial charge in [0.25, 0.3) is 0 Å². The molecule has 0 fully saturated rings. The fourth-order valence-corrected chi connectivity index (χ4v) is 0.719. The summed E-state index contributed by atoms with van der Waals surface area (Å²) in [4.78, 5) is 3.90. The van der Waals surface area contributed by atoms with Crippen LogP contribution in [0, 0.1) is 5.41 Å². The molecule has 0 aliphatic rings. The molecule has 1 radical (unpaired) electrons. The van der Waals surface area contributed by atoms with Crippen LogP contribution in [0.2, 0.25) is 0 Å². The SMILES string of the molecule is N=C(OCCO)c1ccccn1.[Cl-].[Cl-].[Cu+2]. The van der Waals surface area contributed by atoms with Crippen molar-refractivity contribution in [3.63, 3.8) is 0 Å². The minimum atomic E-state index is -0.0881. The van der Waals surface area contributed by atoms with Crippen molar-refractivity contribution in [2.75, 3.05) is 13.2 Å². The molecule has 0 amide bonds. The fourth-order valence-electron chi connectivity index (χ4n) is 0.719. The van der Waals surface area contributed by atoms with E-state index in [2.05, 4.69) is 4.98 Å². The number of pyridine rings is 1. The number of nitrogens with zero attached hydrogens (tertiary/aromatic N) is 1. The predicted molar refractivity (Wildman–Crippen MR) is 44.1 cm³/mol. The Morgan fingerprint density at radius 1 is 1.40 bits per heavy atom.